The third-order valence-corrected chi connectivity index (χ3v) is 7.53. The molecule has 0 bridgehead atoms. The van der Waals surface area contributed by atoms with Gasteiger partial charge >= 0.3 is 0 Å². The Bertz CT molecular complexity index is 1360. The van der Waals surface area contributed by atoms with Crippen molar-refractivity contribution >= 4 is 27.5 Å². The number of hydrogen-bond donors (Lipinski definition) is 1. The van der Waals surface area contributed by atoms with E-state index in [4.69, 9.17) is 4.74 Å². The van der Waals surface area contributed by atoms with Gasteiger partial charge in [0, 0.05) is 12.6 Å². The normalized spacial score (nSPS) is 12.7. The Morgan fingerprint density at radius 3 is 2.15 bits per heavy atom. The first-order chi connectivity index (χ1) is 18.5. The Hall–Kier alpha value is -3.85. The van der Waals surface area contributed by atoms with E-state index in [9.17, 15) is 18.0 Å². The van der Waals surface area contributed by atoms with Crippen LogP contribution in [0.5, 0.6) is 11.5 Å². The zero-order chi connectivity index (χ0) is 28.6. The lowest BCUT2D eigenvalue weighted by atomic mass is 10.1. The number of sulfonamides is 1. The van der Waals surface area contributed by atoms with Crippen molar-refractivity contribution < 1.29 is 22.7 Å². The first-order valence-electron chi connectivity index (χ1n) is 12.9. The Morgan fingerprint density at radius 2 is 1.56 bits per heavy atom. The van der Waals surface area contributed by atoms with Gasteiger partial charge < -0.3 is 15.0 Å². The topological polar surface area (TPSA) is 96.0 Å². The minimum atomic E-state index is -3.82. The molecule has 208 valence electrons. The predicted molar refractivity (Wildman–Crippen MR) is 154 cm³/mol. The van der Waals surface area contributed by atoms with Gasteiger partial charge in [-0.2, -0.15) is 0 Å². The average Bonchev–Trinajstić information content (AvgIpc) is 2.90. The van der Waals surface area contributed by atoms with Crippen molar-refractivity contribution in [2.75, 3.05) is 17.1 Å². The van der Waals surface area contributed by atoms with Gasteiger partial charge in [0.2, 0.25) is 21.8 Å². The number of rotatable bonds is 12. The molecule has 0 aliphatic rings. The molecule has 0 aliphatic carbocycles. The molecule has 3 aromatic rings. The van der Waals surface area contributed by atoms with Crippen molar-refractivity contribution in [1.82, 2.24) is 10.2 Å². The lowest BCUT2D eigenvalue weighted by molar-refractivity contribution is -0.139. The molecule has 0 radical (unpaired) electrons. The second-order valence-electron chi connectivity index (χ2n) is 9.68. The molecule has 8 nitrogen and oxygen atoms in total. The first kappa shape index (κ1) is 29.7. The van der Waals surface area contributed by atoms with Crippen LogP contribution in [0.4, 0.5) is 5.69 Å². The summed E-state index contributed by atoms with van der Waals surface area (Å²) >= 11 is 0. The fraction of sp³-hybridized carbons (Fsp3) is 0.333. The van der Waals surface area contributed by atoms with Crippen LogP contribution < -0.4 is 14.4 Å². The average molecular weight is 552 g/mol. The molecule has 0 heterocycles. The van der Waals surface area contributed by atoms with Crippen molar-refractivity contribution in [3.63, 3.8) is 0 Å². The number of anilines is 1. The summed E-state index contributed by atoms with van der Waals surface area (Å²) in [6, 6.07) is 22.5. The van der Waals surface area contributed by atoms with E-state index in [0.717, 1.165) is 28.1 Å². The summed E-state index contributed by atoms with van der Waals surface area (Å²) < 4.78 is 32.5. The lowest BCUT2D eigenvalue weighted by Crippen LogP contribution is -2.52. The van der Waals surface area contributed by atoms with E-state index in [1.54, 1.807) is 31.2 Å². The van der Waals surface area contributed by atoms with Crippen LogP contribution in [0.25, 0.3) is 0 Å². The van der Waals surface area contributed by atoms with Crippen molar-refractivity contribution in [3.05, 3.63) is 90.0 Å². The van der Waals surface area contributed by atoms with Gasteiger partial charge in [0.25, 0.3) is 0 Å². The molecular formula is C30H37N3O5S. The summed E-state index contributed by atoms with van der Waals surface area (Å²) in [7, 11) is -3.82. The summed E-state index contributed by atoms with van der Waals surface area (Å²) in [5.41, 5.74) is 2.19. The van der Waals surface area contributed by atoms with E-state index in [2.05, 4.69) is 5.32 Å². The number of carbonyl (C=O) groups excluding carboxylic acids is 2. The Kier molecular flexibility index (Phi) is 10.1. The molecule has 0 spiro atoms. The van der Waals surface area contributed by atoms with E-state index in [-0.39, 0.29) is 18.5 Å². The molecule has 3 rings (SSSR count). The molecule has 0 saturated heterocycles. The summed E-state index contributed by atoms with van der Waals surface area (Å²) in [4.78, 5) is 28.1. The highest BCUT2D eigenvalue weighted by Crippen LogP contribution is 2.26. The fourth-order valence-electron chi connectivity index (χ4n) is 3.97. The monoisotopic (exact) mass is 551 g/mol. The number of aryl methyl sites for hydroxylation is 1. The molecule has 39 heavy (non-hydrogen) atoms. The SMILES string of the molecule is CC[C@H](C)NC(=O)[C@@H](C)N(Cc1cccc(C)c1)C(=O)CN(c1ccc(Oc2ccccc2)cc1)S(C)(=O)=O. The van der Waals surface area contributed by atoms with E-state index in [1.165, 1.54) is 4.90 Å². The van der Waals surface area contributed by atoms with Gasteiger partial charge in [0.15, 0.2) is 0 Å². The molecule has 2 atom stereocenters. The number of amides is 2. The van der Waals surface area contributed by atoms with Crippen LogP contribution >= 0.6 is 0 Å². The highest BCUT2D eigenvalue weighted by atomic mass is 32.2. The number of ether oxygens (including phenoxy) is 1. The van der Waals surface area contributed by atoms with E-state index < -0.39 is 28.5 Å². The first-order valence-corrected chi connectivity index (χ1v) is 14.8. The highest BCUT2D eigenvalue weighted by Gasteiger charge is 2.30. The van der Waals surface area contributed by atoms with Crippen LogP contribution in [0.2, 0.25) is 0 Å². The van der Waals surface area contributed by atoms with Gasteiger partial charge in [0.1, 0.15) is 24.1 Å². The zero-order valence-electron chi connectivity index (χ0n) is 23.1. The van der Waals surface area contributed by atoms with E-state index in [0.29, 0.717) is 17.2 Å². The predicted octanol–water partition coefficient (Wildman–Crippen LogP) is 4.89. The molecule has 0 unspecified atom stereocenters. The number of para-hydroxylation sites is 1. The minimum Gasteiger partial charge on any atom is -0.457 e. The second kappa shape index (κ2) is 13.3. The second-order valence-corrected chi connectivity index (χ2v) is 11.6. The van der Waals surface area contributed by atoms with Gasteiger partial charge in [-0.3, -0.25) is 13.9 Å². The number of nitrogens with zero attached hydrogens (tertiary/aromatic N) is 2. The van der Waals surface area contributed by atoms with Crippen LogP contribution in [0, 0.1) is 6.92 Å². The molecule has 0 aliphatic heterocycles. The maximum Gasteiger partial charge on any atom is 0.244 e. The summed E-state index contributed by atoms with van der Waals surface area (Å²) in [6.07, 6.45) is 1.80. The van der Waals surface area contributed by atoms with Crippen LogP contribution in [0.15, 0.2) is 78.9 Å². The number of hydrogen-bond acceptors (Lipinski definition) is 5. The molecule has 0 aromatic heterocycles. The maximum atomic E-state index is 13.7. The van der Waals surface area contributed by atoms with Crippen molar-refractivity contribution in [3.8, 4) is 11.5 Å². The Labute approximate surface area is 231 Å². The summed E-state index contributed by atoms with van der Waals surface area (Å²) in [6.45, 7) is 7.18. The van der Waals surface area contributed by atoms with E-state index in [1.807, 2.05) is 75.4 Å². The highest BCUT2D eigenvalue weighted by molar-refractivity contribution is 7.92. The minimum absolute atomic E-state index is 0.0555. The number of benzene rings is 3. The molecular weight excluding hydrogens is 514 g/mol. The van der Waals surface area contributed by atoms with Gasteiger partial charge in [-0.15, -0.1) is 0 Å². The van der Waals surface area contributed by atoms with Crippen LogP contribution in [-0.4, -0.2) is 50.0 Å². The summed E-state index contributed by atoms with van der Waals surface area (Å²) in [5, 5.41) is 2.92. The number of nitrogens with one attached hydrogen (secondary N) is 1. The number of carbonyl (C=O) groups is 2. The molecule has 9 heteroatoms. The third kappa shape index (κ3) is 8.58. The summed E-state index contributed by atoms with van der Waals surface area (Å²) in [5.74, 6) is 0.398. The standard InChI is InChI=1S/C30H37N3O5S/c1-6-23(3)31-30(35)24(4)32(20-25-12-10-11-22(2)19-25)29(34)21-33(39(5,36)37)26-15-17-28(18-16-26)38-27-13-8-7-9-14-27/h7-19,23-24H,6,20-21H2,1-5H3,(H,31,35)/t23-,24+/m0/s1. The molecule has 3 aromatic carbocycles. The van der Waals surface area contributed by atoms with Crippen LogP contribution in [0.3, 0.4) is 0 Å². The molecule has 0 fully saturated rings. The van der Waals surface area contributed by atoms with Crippen LogP contribution in [0.1, 0.15) is 38.3 Å². The largest absolute Gasteiger partial charge is 0.457 e. The fourth-order valence-corrected chi connectivity index (χ4v) is 4.82. The van der Waals surface area contributed by atoms with E-state index >= 15 is 0 Å². The van der Waals surface area contributed by atoms with Gasteiger partial charge in [-0.25, -0.2) is 8.42 Å². The zero-order valence-corrected chi connectivity index (χ0v) is 23.9. The maximum absolute atomic E-state index is 13.7. The van der Waals surface area contributed by atoms with Crippen molar-refractivity contribution in [1.29, 1.82) is 0 Å². The smallest absolute Gasteiger partial charge is 0.244 e. The Morgan fingerprint density at radius 1 is 0.923 bits per heavy atom. The molecule has 1 N–H and O–H groups in total. The van der Waals surface area contributed by atoms with Crippen LogP contribution in [-0.2, 0) is 26.2 Å². The van der Waals surface area contributed by atoms with Gasteiger partial charge in [-0.05, 0) is 69.2 Å². The van der Waals surface area contributed by atoms with Gasteiger partial charge in [-0.1, -0.05) is 55.0 Å². The van der Waals surface area contributed by atoms with Crippen molar-refractivity contribution in [2.24, 2.45) is 0 Å². The lowest BCUT2D eigenvalue weighted by Gasteiger charge is -2.32. The molecule has 0 saturated carbocycles. The Balaban J connectivity index is 1.86. The quantitative estimate of drug-likeness (QED) is 0.346. The van der Waals surface area contributed by atoms with Crippen molar-refractivity contribution in [2.45, 2.75) is 52.7 Å². The molecule has 2 amide bonds. The third-order valence-electron chi connectivity index (χ3n) is 6.39. The van der Waals surface area contributed by atoms with Gasteiger partial charge in [0.05, 0.1) is 11.9 Å².